The lowest BCUT2D eigenvalue weighted by molar-refractivity contribution is -0.00292. The molecule has 1 aromatic carbocycles. The molecular formula is C18H21ClFNO2S. The zero-order valence-electron chi connectivity index (χ0n) is 13.6. The van der Waals surface area contributed by atoms with Crippen LogP contribution in [0.25, 0.3) is 10.1 Å². The van der Waals surface area contributed by atoms with Crippen LogP contribution in [0, 0.1) is 11.7 Å². The average molecular weight is 370 g/mol. The summed E-state index contributed by atoms with van der Waals surface area (Å²) in [6, 6.07) is 4.35. The second-order valence-corrected chi connectivity index (χ2v) is 7.74. The molecule has 1 fully saturated rings. The summed E-state index contributed by atoms with van der Waals surface area (Å²) in [6.45, 7) is 3.16. The molecule has 0 aliphatic heterocycles. The third-order valence-corrected chi connectivity index (χ3v) is 6.21. The standard InChI is InChI=1S/C18H21ClFNO2S/c1-11-4-2-3-5-14(11)23-9-8-21-18(22)17-16(19)13-7-6-12(20)10-15(13)24-17/h6-7,10-11,14H,2-5,8-9H2,1H3,(H,21,22). The Kier molecular flexibility index (Phi) is 5.74. The number of benzene rings is 1. The minimum absolute atomic E-state index is 0.234. The molecule has 1 aliphatic carbocycles. The van der Waals surface area contributed by atoms with Crippen molar-refractivity contribution in [2.75, 3.05) is 13.2 Å². The molecule has 2 aromatic rings. The van der Waals surface area contributed by atoms with E-state index in [-0.39, 0.29) is 11.7 Å². The van der Waals surface area contributed by atoms with E-state index < -0.39 is 0 Å². The summed E-state index contributed by atoms with van der Waals surface area (Å²) >= 11 is 7.46. The molecule has 3 rings (SSSR count). The maximum atomic E-state index is 13.3. The van der Waals surface area contributed by atoms with Crippen molar-refractivity contribution in [3.8, 4) is 0 Å². The fourth-order valence-electron chi connectivity index (χ4n) is 3.17. The number of hydrogen-bond donors (Lipinski definition) is 1. The Bertz CT molecular complexity index is 733. The van der Waals surface area contributed by atoms with Gasteiger partial charge in [-0.1, -0.05) is 31.4 Å². The van der Waals surface area contributed by atoms with E-state index in [0.29, 0.717) is 45.2 Å². The van der Waals surface area contributed by atoms with E-state index in [0.717, 1.165) is 6.42 Å². The second kappa shape index (κ2) is 7.81. The molecule has 3 nitrogen and oxygen atoms in total. The van der Waals surface area contributed by atoms with Crippen molar-refractivity contribution in [2.45, 2.75) is 38.7 Å². The van der Waals surface area contributed by atoms with Gasteiger partial charge in [0.2, 0.25) is 0 Å². The zero-order chi connectivity index (χ0) is 17.1. The number of carbonyl (C=O) groups is 1. The summed E-state index contributed by atoms with van der Waals surface area (Å²) in [5.74, 6) is 0.0191. The number of nitrogens with one attached hydrogen (secondary N) is 1. The minimum Gasteiger partial charge on any atom is -0.376 e. The van der Waals surface area contributed by atoms with Crippen LogP contribution in [0.2, 0.25) is 5.02 Å². The van der Waals surface area contributed by atoms with Crippen LogP contribution in [0.4, 0.5) is 4.39 Å². The van der Waals surface area contributed by atoms with E-state index in [1.807, 2.05) is 0 Å². The number of amides is 1. The van der Waals surface area contributed by atoms with Gasteiger partial charge in [0.25, 0.3) is 5.91 Å². The summed E-state index contributed by atoms with van der Waals surface area (Å²) < 4.78 is 19.9. The molecule has 0 radical (unpaired) electrons. The van der Waals surface area contributed by atoms with Crippen molar-refractivity contribution >= 4 is 38.9 Å². The van der Waals surface area contributed by atoms with Gasteiger partial charge in [-0.05, 0) is 37.0 Å². The van der Waals surface area contributed by atoms with Gasteiger partial charge in [0.05, 0.1) is 17.7 Å². The van der Waals surface area contributed by atoms with E-state index in [1.165, 1.54) is 42.7 Å². The predicted molar refractivity (Wildman–Crippen MR) is 96.5 cm³/mol. The number of halogens is 2. The van der Waals surface area contributed by atoms with Crippen molar-refractivity contribution in [1.29, 1.82) is 0 Å². The Morgan fingerprint density at radius 2 is 2.21 bits per heavy atom. The van der Waals surface area contributed by atoms with Crippen LogP contribution in [-0.2, 0) is 4.74 Å². The Morgan fingerprint density at radius 3 is 3.00 bits per heavy atom. The van der Waals surface area contributed by atoms with Gasteiger partial charge in [0.15, 0.2) is 0 Å². The Morgan fingerprint density at radius 1 is 1.42 bits per heavy atom. The van der Waals surface area contributed by atoms with Crippen LogP contribution in [0.3, 0.4) is 0 Å². The van der Waals surface area contributed by atoms with Crippen molar-refractivity contribution in [2.24, 2.45) is 5.92 Å². The van der Waals surface area contributed by atoms with E-state index in [2.05, 4.69) is 12.2 Å². The number of fused-ring (bicyclic) bond motifs is 1. The molecule has 1 aliphatic rings. The van der Waals surface area contributed by atoms with Crippen LogP contribution in [0.5, 0.6) is 0 Å². The minimum atomic E-state index is -0.331. The zero-order valence-corrected chi connectivity index (χ0v) is 15.2. The van der Waals surface area contributed by atoms with E-state index in [4.69, 9.17) is 16.3 Å². The van der Waals surface area contributed by atoms with Gasteiger partial charge >= 0.3 is 0 Å². The van der Waals surface area contributed by atoms with E-state index >= 15 is 0 Å². The molecule has 24 heavy (non-hydrogen) atoms. The molecule has 6 heteroatoms. The highest BCUT2D eigenvalue weighted by Gasteiger charge is 2.22. The normalized spacial score (nSPS) is 21.1. The molecular weight excluding hydrogens is 349 g/mol. The highest BCUT2D eigenvalue weighted by molar-refractivity contribution is 7.21. The smallest absolute Gasteiger partial charge is 0.263 e. The van der Waals surface area contributed by atoms with Crippen LogP contribution in [-0.4, -0.2) is 25.2 Å². The van der Waals surface area contributed by atoms with Gasteiger partial charge in [-0.25, -0.2) is 4.39 Å². The van der Waals surface area contributed by atoms with Gasteiger partial charge in [0.1, 0.15) is 10.7 Å². The first kappa shape index (κ1) is 17.6. The summed E-state index contributed by atoms with van der Waals surface area (Å²) in [7, 11) is 0. The summed E-state index contributed by atoms with van der Waals surface area (Å²) in [5.41, 5.74) is 0. The lowest BCUT2D eigenvalue weighted by atomic mass is 9.88. The van der Waals surface area contributed by atoms with E-state index in [1.54, 1.807) is 6.07 Å². The van der Waals surface area contributed by atoms with Gasteiger partial charge in [-0.3, -0.25) is 4.79 Å². The first-order chi connectivity index (χ1) is 11.6. The molecule has 130 valence electrons. The third-order valence-electron chi connectivity index (χ3n) is 4.55. The number of rotatable bonds is 5. The van der Waals surface area contributed by atoms with Gasteiger partial charge < -0.3 is 10.1 Å². The molecule has 1 aromatic heterocycles. The fraction of sp³-hybridized carbons (Fsp3) is 0.500. The average Bonchev–Trinajstić information content (AvgIpc) is 2.89. The summed E-state index contributed by atoms with van der Waals surface area (Å²) in [5, 5.41) is 3.93. The molecule has 1 saturated carbocycles. The summed E-state index contributed by atoms with van der Waals surface area (Å²) in [6.07, 6.45) is 5.11. The first-order valence-electron chi connectivity index (χ1n) is 8.33. The number of hydrogen-bond acceptors (Lipinski definition) is 3. The van der Waals surface area contributed by atoms with Gasteiger partial charge in [-0.15, -0.1) is 11.3 Å². The third kappa shape index (κ3) is 3.90. The van der Waals surface area contributed by atoms with Gasteiger partial charge in [0, 0.05) is 16.6 Å². The largest absolute Gasteiger partial charge is 0.376 e. The predicted octanol–water partition coefficient (Wildman–Crippen LogP) is 5.02. The van der Waals surface area contributed by atoms with Crippen LogP contribution >= 0.6 is 22.9 Å². The number of carbonyl (C=O) groups excluding carboxylic acids is 1. The highest BCUT2D eigenvalue weighted by Crippen LogP contribution is 2.35. The SMILES string of the molecule is CC1CCCCC1OCCNC(=O)c1sc2cc(F)ccc2c1Cl. The lowest BCUT2D eigenvalue weighted by Gasteiger charge is -2.28. The molecule has 2 unspecified atom stereocenters. The molecule has 2 atom stereocenters. The quantitative estimate of drug-likeness (QED) is 0.751. The van der Waals surface area contributed by atoms with Crippen molar-refractivity contribution in [3.05, 3.63) is 33.9 Å². The Balaban J connectivity index is 1.54. The van der Waals surface area contributed by atoms with Crippen molar-refractivity contribution < 1.29 is 13.9 Å². The van der Waals surface area contributed by atoms with Crippen LogP contribution in [0.15, 0.2) is 18.2 Å². The van der Waals surface area contributed by atoms with Crippen molar-refractivity contribution in [1.82, 2.24) is 5.32 Å². The highest BCUT2D eigenvalue weighted by atomic mass is 35.5. The number of ether oxygens (including phenoxy) is 1. The Hall–Kier alpha value is -1.17. The summed E-state index contributed by atoms with van der Waals surface area (Å²) in [4.78, 5) is 12.7. The topological polar surface area (TPSA) is 38.3 Å². The monoisotopic (exact) mass is 369 g/mol. The van der Waals surface area contributed by atoms with Crippen LogP contribution < -0.4 is 5.32 Å². The molecule has 0 bridgehead atoms. The van der Waals surface area contributed by atoms with Crippen molar-refractivity contribution in [3.63, 3.8) is 0 Å². The van der Waals surface area contributed by atoms with Crippen LogP contribution in [0.1, 0.15) is 42.3 Å². The fourth-order valence-corrected chi connectivity index (χ4v) is 4.63. The molecule has 1 N–H and O–H groups in total. The lowest BCUT2D eigenvalue weighted by Crippen LogP contribution is -2.31. The number of thiophene rings is 1. The van der Waals surface area contributed by atoms with Gasteiger partial charge in [-0.2, -0.15) is 0 Å². The first-order valence-corrected chi connectivity index (χ1v) is 9.53. The second-order valence-electron chi connectivity index (χ2n) is 6.31. The maximum Gasteiger partial charge on any atom is 0.263 e. The maximum absolute atomic E-state index is 13.3. The molecule has 1 heterocycles. The Labute approximate surface area is 150 Å². The molecule has 0 spiro atoms. The molecule has 1 amide bonds. The molecule has 0 saturated heterocycles. The van der Waals surface area contributed by atoms with E-state index in [9.17, 15) is 9.18 Å².